The van der Waals surface area contributed by atoms with E-state index >= 15 is 0 Å². The van der Waals surface area contributed by atoms with Crippen molar-refractivity contribution < 1.29 is 43.1 Å². The van der Waals surface area contributed by atoms with Crippen LogP contribution in [0.25, 0.3) is 11.1 Å². The zero-order valence-electron chi connectivity index (χ0n) is 26.0. The van der Waals surface area contributed by atoms with Gasteiger partial charge in [0.15, 0.2) is 0 Å². The fourth-order valence-corrected chi connectivity index (χ4v) is 4.43. The highest BCUT2D eigenvalue weighted by Gasteiger charge is 2.14. The molecule has 3 rings (SSSR count). The van der Waals surface area contributed by atoms with Crippen LogP contribution >= 0.6 is 0 Å². The molecule has 0 spiro atoms. The highest BCUT2D eigenvalue weighted by atomic mass is 16.6. The van der Waals surface area contributed by atoms with Crippen molar-refractivity contribution in [1.82, 2.24) is 5.32 Å². The third-order valence-electron chi connectivity index (χ3n) is 6.81. The van der Waals surface area contributed by atoms with Gasteiger partial charge in [0.25, 0.3) is 0 Å². The number of benzene rings is 3. The minimum Gasteiger partial charge on any atom is -0.496 e. The molecule has 0 saturated heterocycles. The first kappa shape index (κ1) is 34.8. The topological polar surface area (TPSA) is 114 Å². The Morgan fingerprint density at radius 3 is 1.93 bits per heavy atom. The lowest BCUT2D eigenvalue weighted by molar-refractivity contribution is -0.138. The second-order valence-electron chi connectivity index (χ2n) is 9.82. The molecule has 0 heterocycles. The smallest absolute Gasteiger partial charge is 0.305 e. The van der Waals surface area contributed by atoms with Crippen LogP contribution in [0, 0.1) is 6.92 Å². The first-order chi connectivity index (χ1) is 21.5. The van der Waals surface area contributed by atoms with E-state index in [1.807, 2.05) is 30.3 Å². The molecule has 0 bridgehead atoms. The molecular weight excluding hydrogens is 566 g/mol. The Labute approximate surface area is 260 Å². The monoisotopic (exact) mass is 611 g/mol. The summed E-state index contributed by atoms with van der Waals surface area (Å²) >= 11 is 0. The van der Waals surface area contributed by atoms with Crippen LogP contribution in [0.1, 0.15) is 23.1 Å². The predicted molar refractivity (Wildman–Crippen MR) is 168 cm³/mol. The molecule has 0 saturated carbocycles. The molecule has 3 aromatic rings. The lowest BCUT2D eigenvalue weighted by atomic mass is 9.97. The van der Waals surface area contributed by atoms with Crippen LogP contribution in [0.4, 0.5) is 0 Å². The molecule has 0 aromatic heterocycles. The van der Waals surface area contributed by atoms with Gasteiger partial charge in [0.1, 0.15) is 23.9 Å². The first-order valence-electron chi connectivity index (χ1n) is 14.8. The van der Waals surface area contributed by atoms with Crippen molar-refractivity contribution in [2.75, 3.05) is 73.6 Å². The van der Waals surface area contributed by atoms with Crippen LogP contribution in [0.2, 0.25) is 0 Å². The highest BCUT2D eigenvalue weighted by molar-refractivity contribution is 5.68. The van der Waals surface area contributed by atoms with E-state index in [4.69, 9.17) is 38.3 Å². The first-order valence-corrected chi connectivity index (χ1v) is 14.8. The predicted octanol–water partition coefficient (Wildman–Crippen LogP) is 4.89. The van der Waals surface area contributed by atoms with E-state index in [1.165, 1.54) is 16.7 Å². The summed E-state index contributed by atoms with van der Waals surface area (Å²) in [5.74, 6) is 1.17. The Morgan fingerprint density at radius 1 is 0.750 bits per heavy atom. The van der Waals surface area contributed by atoms with Gasteiger partial charge in [-0.3, -0.25) is 4.79 Å². The van der Waals surface area contributed by atoms with Gasteiger partial charge in [-0.05, 0) is 29.2 Å². The SMILES string of the molecule is COc1cc(OCc2cccc(-c3ccccc3)c2C)cc(OC)c1CNCCOCCOCCOCCOCCC(=O)O. The van der Waals surface area contributed by atoms with E-state index in [1.54, 1.807) is 14.2 Å². The molecule has 0 aliphatic rings. The largest absolute Gasteiger partial charge is 0.496 e. The quantitative estimate of drug-likeness (QED) is 0.144. The molecule has 0 atom stereocenters. The fraction of sp³-hybridized carbons (Fsp3) is 0.441. The van der Waals surface area contributed by atoms with E-state index in [0.717, 1.165) is 11.1 Å². The number of carbonyl (C=O) groups is 1. The maximum absolute atomic E-state index is 10.4. The Balaban J connectivity index is 1.35. The maximum atomic E-state index is 10.4. The normalized spacial score (nSPS) is 11.0. The van der Waals surface area contributed by atoms with Gasteiger partial charge in [-0.1, -0.05) is 48.5 Å². The second kappa shape index (κ2) is 20.3. The molecule has 44 heavy (non-hydrogen) atoms. The number of ether oxygens (including phenoxy) is 7. The lowest BCUT2D eigenvalue weighted by Crippen LogP contribution is -2.21. The molecule has 0 aliphatic heterocycles. The molecule has 2 N–H and O–H groups in total. The number of hydrogen-bond acceptors (Lipinski definition) is 9. The Bertz CT molecular complexity index is 1230. The van der Waals surface area contributed by atoms with Gasteiger partial charge in [0, 0.05) is 25.2 Å². The van der Waals surface area contributed by atoms with Crippen molar-refractivity contribution in [3.63, 3.8) is 0 Å². The number of hydrogen-bond donors (Lipinski definition) is 2. The van der Waals surface area contributed by atoms with Crippen molar-refractivity contribution in [1.29, 1.82) is 0 Å². The van der Waals surface area contributed by atoms with Crippen molar-refractivity contribution in [3.8, 4) is 28.4 Å². The van der Waals surface area contributed by atoms with Crippen LogP contribution in [-0.4, -0.2) is 84.7 Å². The van der Waals surface area contributed by atoms with Crippen LogP contribution in [0.5, 0.6) is 17.2 Å². The molecule has 240 valence electrons. The van der Waals surface area contributed by atoms with Gasteiger partial charge >= 0.3 is 5.97 Å². The molecule has 0 unspecified atom stereocenters. The number of carboxylic acid groups (broad SMARTS) is 1. The summed E-state index contributed by atoms with van der Waals surface area (Å²) in [6, 6.07) is 20.4. The van der Waals surface area contributed by atoms with Crippen LogP contribution in [-0.2, 0) is 36.9 Å². The van der Waals surface area contributed by atoms with Gasteiger partial charge in [0.05, 0.1) is 79.1 Å². The van der Waals surface area contributed by atoms with E-state index in [-0.39, 0.29) is 13.0 Å². The summed E-state index contributed by atoms with van der Waals surface area (Å²) in [5, 5.41) is 11.9. The Hall–Kier alpha value is -3.67. The molecule has 0 amide bonds. The third-order valence-corrected chi connectivity index (χ3v) is 6.81. The summed E-state index contributed by atoms with van der Waals surface area (Å²) in [6.45, 7) is 7.07. The number of carboxylic acids is 1. The van der Waals surface area contributed by atoms with Crippen LogP contribution < -0.4 is 19.5 Å². The summed E-state index contributed by atoms with van der Waals surface area (Å²) < 4.78 is 39.2. The number of methoxy groups -OCH3 is 2. The minimum absolute atomic E-state index is 0.00406. The zero-order valence-corrected chi connectivity index (χ0v) is 26.0. The maximum Gasteiger partial charge on any atom is 0.305 e. The minimum atomic E-state index is -0.873. The average Bonchev–Trinajstić information content (AvgIpc) is 3.04. The van der Waals surface area contributed by atoms with Crippen LogP contribution in [0.15, 0.2) is 60.7 Å². The molecule has 10 heteroatoms. The lowest BCUT2D eigenvalue weighted by Gasteiger charge is -2.17. The van der Waals surface area contributed by atoms with E-state index < -0.39 is 5.97 Å². The average molecular weight is 612 g/mol. The molecule has 10 nitrogen and oxygen atoms in total. The zero-order chi connectivity index (χ0) is 31.4. The molecule has 0 aliphatic carbocycles. The van der Waals surface area contributed by atoms with Gasteiger partial charge in [-0.25, -0.2) is 0 Å². The standard InChI is InChI=1S/C34H45NO9/c1-26-28(10-7-11-30(26)27-8-5-4-6-9-27)25-44-29-22-32(38-2)31(33(23-29)39-3)24-35-13-15-41-17-19-43-21-20-42-18-16-40-14-12-34(36)37/h4-11,22-23,35H,12-21,24-25H2,1-3H3,(H,36,37). The molecule has 0 radical (unpaired) electrons. The highest BCUT2D eigenvalue weighted by Crippen LogP contribution is 2.35. The summed E-state index contributed by atoms with van der Waals surface area (Å²) in [4.78, 5) is 10.4. The molecule has 0 fully saturated rings. The van der Waals surface area contributed by atoms with Gasteiger partial charge in [0.2, 0.25) is 0 Å². The third kappa shape index (κ3) is 12.1. The van der Waals surface area contributed by atoms with E-state index in [0.29, 0.717) is 83.2 Å². The Kier molecular flexibility index (Phi) is 16.1. The van der Waals surface area contributed by atoms with E-state index in [2.05, 4.69) is 42.6 Å². The number of nitrogens with one attached hydrogen (secondary N) is 1. The van der Waals surface area contributed by atoms with E-state index in [9.17, 15) is 4.79 Å². The molecular formula is C34H45NO9. The summed E-state index contributed by atoms with van der Waals surface area (Å²) in [6.07, 6.45) is -0.00406. The number of rotatable bonds is 23. The van der Waals surface area contributed by atoms with Crippen LogP contribution in [0.3, 0.4) is 0 Å². The van der Waals surface area contributed by atoms with Gasteiger partial charge in [-0.2, -0.15) is 0 Å². The Morgan fingerprint density at radius 2 is 1.34 bits per heavy atom. The van der Waals surface area contributed by atoms with Gasteiger partial charge in [-0.15, -0.1) is 0 Å². The van der Waals surface area contributed by atoms with Crippen molar-refractivity contribution in [2.45, 2.75) is 26.5 Å². The molecule has 3 aromatic carbocycles. The van der Waals surface area contributed by atoms with Gasteiger partial charge < -0.3 is 43.6 Å². The van der Waals surface area contributed by atoms with Crippen molar-refractivity contribution in [2.24, 2.45) is 0 Å². The fourth-order valence-electron chi connectivity index (χ4n) is 4.43. The van der Waals surface area contributed by atoms with Crippen molar-refractivity contribution >= 4 is 5.97 Å². The number of aliphatic carboxylic acids is 1. The summed E-state index contributed by atoms with van der Waals surface area (Å²) in [5.41, 5.74) is 5.59. The summed E-state index contributed by atoms with van der Waals surface area (Å²) in [7, 11) is 3.28. The van der Waals surface area contributed by atoms with Crippen molar-refractivity contribution in [3.05, 3.63) is 77.4 Å². The second-order valence-corrected chi connectivity index (χ2v) is 9.82.